The molecule has 0 fully saturated rings. The lowest BCUT2D eigenvalue weighted by Crippen LogP contribution is -2.23. The number of aromatic nitrogens is 2. The molecule has 0 bridgehead atoms. The van der Waals surface area contributed by atoms with Gasteiger partial charge in [-0.3, -0.25) is 4.79 Å². The predicted molar refractivity (Wildman–Crippen MR) is 121 cm³/mol. The highest BCUT2D eigenvalue weighted by atomic mass is 32.1. The fourth-order valence-corrected chi connectivity index (χ4v) is 4.65. The molecule has 4 aromatic rings. The number of ether oxygens (including phenoxy) is 1. The van der Waals surface area contributed by atoms with E-state index in [4.69, 9.17) is 9.15 Å². The van der Waals surface area contributed by atoms with Crippen molar-refractivity contribution in [1.29, 1.82) is 5.26 Å². The molecule has 1 amide bonds. The summed E-state index contributed by atoms with van der Waals surface area (Å²) in [6.07, 6.45) is 1.56. The minimum atomic E-state index is -0.684. The molecule has 1 N–H and O–H groups in total. The van der Waals surface area contributed by atoms with Crippen LogP contribution in [0.3, 0.4) is 0 Å². The normalized spacial score (nSPS) is 10.7. The van der Waals surface area contributed by atoms with Gasteiger partial charge in [0.1, 0.15) is 22.7 Å². The Morgan fingerprint density at radius 3 is 2.84 bits per heavy atom. The Bertz CT molecular complexity index is 1290. The molecule has 4 heterocycles. The van der Waals surface area contributed by atoms with Crippen LogP contribution in [0.25, 0.3) is 10.6 Å². The van der Waals surface area contributed by atoms with Crippen molar-refractivity contribution < 1.29 is 18.7 Å². The van der Waals surface area contributed by atoms with E-state index in [1.807, 2.05) is 36.7 Å². The first-order valence-corrected chi connectivity index (χ1v) is 11.4. The Morgan fingerprint density at radius 2 is 2.16 bits per heavy atom. The van der Waals surface area contributed by atoms with Crippen LogP contribution in [-0.4, -0.2) is 28.0 Å². The fraction of sp³-hybridized carbons (Fsp3) is 0.182. The molecule has 0 unspecified atom stereocenters. The van der Waals surface area contributed by atoms with E-state index in [1.54, 1.807) is 33.6 Å². The number of rotatable bonds is 7. The first kappa shape index (κ1) is 21.5. The molecule has 0 saturated heterocycles. The second-order valence-electron chi connectivity index (χ2n) is 6.89. The van der Waals surface area contributed by atoms with Crippen LogP contribution in [0.1, 0.15) is 33.1 Å². The quantitative estimate of drug-likeness (QED) is 0.399. The molecular weight excluding hydrogens is 448 g/mol. The van der Waals surface area contributed by atoms with Crippen molar-refractivity contribution in [2.24, 2.45) is 0 Å². The minimum absolute atomic E-state index is 0.148. The van der Waals surface area contributed by atoms with E-state index in [-0.39, 0.29) is 5.69 Å². The monoisotopic (exact) mass is 466 g/mol. The summed E-state index contributed by atoms with van der Waals surface area (Å²) in [6, 6.07) is 7.63. The standard InChI is InChI=1S/C22H18N4O4S2/c1-13-14(2)26(9-16-4-3-6-29-16)20(17(13)8-23)25-19(27)10-30-22(28)18-12-32-21(24-18)15-5-7-31-11-15/h3-7,11-12H,9-10H2,1-2H3,(H,25,27). The number of amides is 1. The van der Waals surface area contributed by atoms with E-state index in [9.17, 15) is 14.9 Å². The number of hydrogen-bond donors (Lipinski definition) is 1. The maximum Gasteiger partial charge on any atom is 0.358 e. The highest BCUT2D eigenvalue weighted by molar-refractivity contribution is 7.14. The van der Waals surface area contributed by atoms with Crippen LogP contribution in [-0.2, 0) is 16.1 Å². The molecule has 0 aliphatic rings. The van der Waals surface area contributed by atoms with Gasteiger partial charge in [-0.15, -0.1) is 11.3 Å². The van der Waals surface area contributed by atoms with Crippen molar-refractivity contribution in [2.45, 2.75) is 20.4 Å². The number of nitriles is 1. The Labute approximate surface area is 191 Å². The molecule has 0 atom stereocenters. The highest BCUT2D eigenvalue weighted by Crippen LogP contribution is 2.28. The zero-order valence-electron chi connectivity index (χ0n) is 17.2. The van der Waals surface area contributed by atoms with Crippen LogP contribution in [0, 0.1) is 25.2 Å². The van der Waals surface area contributed by atoms with Crippen LogP contribution in [0.5, 0.6) is 0 Å². The summed E-state index contributed by atoms with van der Waals surface area (Å²) in [7, 11) is 0. The van der Waals surface area contributed by atoms with Crippen molar-refractivity contribution in [3.63, 3.8) is 0 Å². The number of hydrogen-bond acceptors (Lipinski definition) is 8. The Kier molecular flexibility index (Phi) is 6.20. The van der Waals surface area contributed by atoms with Gasteiger partial charge in [0.15, 0.2) is 12.3 Å². The molecular formula is C22H18N4O4S2. The van der Waals surface area contributed by atoms with Gasteiger partial charge in [-0.25, -0.2) is 9.78 Å². The first-order valence-electron chi connectivity index (χ1n) is 9.55. The number of thiophene rings is 1. The molecule has 0 saturated carbocycles. The van der Waals surface area contributed by atoms with Gasteiger partial charge < -0.3 is 19.0 Å². The van der Waals surface area contributed by atoms with Crippen molar-refractivity contribution in [2.75, 3.05) is 11.9 Å². The SMILES string of the molecule is Cc1c(C#N)c(NC(=O)COC(=O)c2csc(-c3ccsc3)n2)n(Cc2ccco2)c1C. The zero-order valence-corrected chi connectivity index (χ0v) is 18.9. The number of thiazole rings is 1. The Balaban J connectivity index is 1.44. The van der Waals surface area contributed by atoms with Crippen molar-refractivity contribution in [1.82, 2.24) is 9.55 Å². The number of nitrogens with one attached hydrogen (secondary N) is 1. The van der Waals surface area contributed by atoms with Gasteiger partial charge >= 0.3 is 5.97 Å². The molecule has 4 rings (SSSR count). The number of esters is 1. The molecule has 8 nitrogen and oxygen atoms in total. The van der Waals surface area contributed by atoms with Crippen LogP contribution in [0.4, 0.5) is 5.82 Å². The summed E-state index contributed by atoms with van der Waals surface area (Å²) in [5, 5.41) is 18.5. The lowest BCUT2D eigenvalue weighted by molar-refractivity contribution is -0.119. The lowest BCUT2D eigenvalue weighted by Gasteiger charge is -2.12. The number of carbonyl (C=O) groups is 2. The summed E-state index contributed by atoms with van der Waals surface area (Å²) in [5.41, 5.74) is 3.02. The van der Waals surface area contributed by atoms with E-state index in [1.165, 1.54) is 11.3 Å². The summed E-state index contributed by atoms with van der Waals surface area (Å²) < 4.78 is 12.3. The minimum Gasteiger partial charge on any atom is -0.467 e. The predicted octanol–water partition coefficient (Wildman–Crippen LogP) is 4.60. The van der Waals surface area contributed by atoms with Crippen LogP contribution < -0.4 is 5.32 Å². The van der Waals surface area contributed by atoms with Crippen molar-refractivity contribution >= 4 is 40.4 Å². The largest absolute Gasteiger partial charge is 0.467 e. The third-order valence-electron chi connectivity index (χ3n) is 4.91. The topological polar surface area (TPSA) is 110 Å². The smallest absolute Gasteiger partial charge is 0.358 e. The molecule has 10 heteroatoms. The van der Waals surface area contributed by atoms with Gasteiger partial charge in [0, 0.05) is 22.0 Å². The highest BCUT2D eigenvalue weighted by Gasteiger charge is 2.21. The van der Waals surface area contributed by atoms with Crippen LogP contribution in [0.2, 0.25) is 0 Å². The average molecular weight is 467 g/mol. The zero-order chi connectivity index (χ0) is 22.7. The number of carbonyl (C=O) groups excluding carboxylic acids is 2. The number of anilines is 1. The summed E-state index contributed by atoms with van der Waals surface area (Å²) in [5.74, 6) is -0.217. The summed E-state index contributed by atoms with van der Waals surface area (Å²) in [4.78, 5) is 29.1. The Hall–Kier alpha value is -3.68. The molecule has 0 aliphatic carbocycles. The van der Waals surface area contributed by atoms with E-state index in [0.29, 0.717) is 28.7 Å². The van der Waals surface area contributed by atoms with Gasteiger partial charge in [0.05, 0.1) is 18.4 Å². The van der Waals surface area contributed by atoms with Gasteiger partial charge in [-0.05, 0) is 43.0 Å². The second-order valence-corrected chi connectivity index (χ2v) is 8.52. The molecule has 32 heavy (non-hydrogen) atoms. The average Bonchev–Trinajstić information content (AvgIpc) is 3.58. The fourth-order valence-electron chi connectivity index (χ4n) is 3.15. The first-order chi connectivity index (χ1) is 15.5. The van der Waals surface area contributed by atoms with E-state index in [2.05, 4.69) is 16.4 Å². The number of nitrogens with zero attached hydrogens (tertiary/aromatic N) is 3. The lowest BCUT2D eigenvalue weighted by atomic mass is 10.2. The molecule has 0 radical (unpaired) electrons. The second kappa shape index (κ2) is 9.21. The third-order valence-corrected chi connectivity index (χ3v) is 6.48. The molecule has 0 spiro atoms. The molecule has 162 valence electrons. The van der Waals surface area contributed by atoms with Crippen LogP contribution in [0.15, 0.2) is 45.0 Å². The van der Waals surface area contributed by atoms with Gasteiger partial charge in [-0.1, -0.05) is 0 Å². The van der Waals surface area contributed by atoms with Crippen LogP contribution >= 0.6 is 22.7 Å². The van der Waals surface area contributed by atoms with Gasteiger partial charge in [0.2, 0.25) is 0 Å². The van der Waals surface area contributed by atoms with E-state index < -0.39 is 18.5 Å². The van der Waals surface area contributed by atoms with Crippen molar-refractivity contribution in [3.8, 4) is 16.6 Å². The molecule has 4 aromatic heterocycles. The summed E-state index contributed by atoms with van der Waals surface area (Å²) in [6.45, 7) is 3.53. The van der Waals surface area contributed by atoms with Gasteiger partial charge in [0.25, 0.3) is 5.91 Å². The van der Waals surface area contributed by atoms with Crippen molar-refractivity contribution in [3.05, 3.63) is 68.9 Å². The third kappa shape index (κ3) is 4.34. The van der Waals surface area contributed by atoms with E-state index in [0.717, 1.165) is 16.8 Å². The maximum atomic E-state index is 12.5. The number of furan rings is 1. The maximum absolute atomic E-state index is 12.5. The van der Waals surface area contributed by atoms with E-state index >= 15 is 0 Å². The van der Waals surface area contributed by atoms with Gasteiger partial charge in [-0.2, -0.15) is 16.6 Å². The molecule has 0 aliphatic heterocycles. The Morgan fingerprint density at radius 1 is 1.31 bits per heavy atom. The molecule has 0 aromatic carbocycles. The summed E-state index contributed by atoms with van der Waals surface area (Å²) >= 11 is 2.87.